The number of hydrogen-bond donors (Lipinski definition) is 1. The Morgan fingerprint density at radius 3 is 2.95 bits per heavy atom. The molecule has 2 heterocycles. The normalized spacial score (nSPS) is 13.4. The third-order valence-corrected chi connectivity index (χ3v) is 3.01. The van der Waals surface area contributed by atoms with Crippen molar-refractivity contribution in [3.05, 3.63) is 53.5 Å². The Morgan fingerprint density at radius 2 is 2.16 bits per heavy atom. The molecule has 96 valence electrons. The number of benzene rings is 1. The molecule has 0 aliphatic carbocycles. The molecule has 0 spiro atoms. The first kappa shape index (κ1) is 11.6. The van der Waals surface area contributed by atoms with Crippen LogP contribution in [0.1, 0.15) is 23.1 Å². The Hall–Kier alpha value is -2.43. The van der Waals surface area contributed by atoms with Gasteiger partial charge in [0.1, 0.15) is 0 Å². The van der Waals surface area contributed by atoms with Gasteiger partial charge in [-0.3, -0.25) is 4.79 Å². The number of Topliss-reactive ketones (excluding diaryl/α,β-unsaturated/α-hetero) is 1. The lowest BCUT2D eigenvalue weighted by Gasteiger charge is -2.11. The highest BCUT2D eigenvalue weighted by atomic mass is 16.1. The van der Waals surface area contributed by atoms with Gasteiger partial charge < -0.3 is 5.32 Å². The third-order valence-electron chi connectivity index (χ3n) is 3.01. The number of allylic oxidation sites excluding steroid dienone is 2. The second-order valence-corrected chi connectivity index (χ2v) is 4.51. The molecule has 0 fully saturated rings. The highest BCUT2D eigenvalue weighted by Crippen LogP contribution is 2.14. The van der Waals surface area contributed by atoms with Gasteiger partial charge >= 0.3 is 0 Å². The number of aromatic nitrogens is 3. The number of anilines is 1. The van der Waals surface area contributed by atoms with E-state index in [0.717, 1.165) is 5.70 Å². The van der Waals surface area contributed by atoms with Gasteiger partial charge in [-0.15, -0.1) is 0 Å². The minimum atomic E-state index is 0.0354. The van der Waals surface area contributed by atoms with E-state index in [1.54, 1.807) is 4.68 Å². The van der Waals surface area contributed by atoms with Gasteiger partial charge in [-0.1, -0.05) is 30.3 Å². The summed E-state index contributed by atoms with van der Waals surface area (Å²) in [5.74, 6) is 1.29. The van der Waals surface area contributed by atoms with Crippen molar-refractivity contribution in [2.75, 3.05) is 5.32 Å². The van der Waals surface area contributed by atoms with Crippen LogP contribution in [-0.4, -0.2) is 20.5 Å². The quantitative estimate of drug-likeness (QED) is 0.851. The molecule has 0 atom stereocenters. The summed E-state index contributed by atoms with van der Waals surface area (Å²) in [6, 6.07) is 9.22. The molecule has 2 aromatic rings. The summed E-state index contributed by atoms with van der Waals surface area (Å²) in [4.78, 5) is 16.4. The van der Waals surface area contributed by atoms with Gasteiger partial charge in [0.2, 0.25) is 5.95 Å². The number of nitrogens with zero attached hydrogens (tertiary/aromatic N) is 3. The first-order chi connectivity index (χ1) is 9.22. The summed E-state index contributed by atoms with van der Waals surface area (Å²) in [5.41, 5.74) is 1.75. The van der Waals surface area contributed by atoms with Crippen LogP contribution in [-0.2, 0) is 13.0 Å². The fourth-order valence-electron chi connectivity index (χ4n) is 2.00. The molecule has 1 N–H and O–H groups in total. The van der Waals surface area contributed by atoms with Crippen LogP contribution in [0.15, 0.2) is 42.1 Å². The first-order valence-corrected chi connectivity index (χ1v) is 6.18. The first-order valence-electron chi connectivity index (χ1n) is 6.18. The van der Waals surface area contributed by atoms with Crippen molar-refractivity contribution < 1.29 is 4.79 Å². The zero-order valence-corrected chi connectivity index (χ0v) is 10.6. The molecular formula is C14H14N4O. The minimum absolute atomic E-state index is 0.0354. The van der Waals surface area contributed by atoms with E-state index in [2.05, 4.69) is 15.4 Å². The molecule has 0 saturated carbocycles. The highest BCUT2D eigenvalue weighted by Gasteiger charge is 2.15. The Balaban J connectivity index is 1.77. The largest absolute Gasteiger partial charge is 0.329 e. The molecule has 0 saturated heterocycles. The number of nitrogens with one attached hydrogen (secondary N) is 1. The van der Waals surface area contributed by atoms with Crippen molar-refractivity contribution in [2.45, 2.75) is 19.9 Å². The van der Waals surface area contributed by atoms with Crippen molar-refractivity contribution >= 4 is 11.7 Å². The Labute approximate surface area is 111 Å². The molecule has 0 unspecified atom stereocenters. The standard InChI is InChI=1S/C14H14N4O/c1-10-7-8-18-14(15-10)16-13(17-18)9-12(19)11-5-3-2-4-6-11/h2-7H,8-9H2,1H3,(H,15,16,17). The second-order valence-electron chi connectivity index (χ2n) is 4.51. The van der Waals surface area contributed by atoms with E-state index >= 15 is 0 Å². The summed E-state index contributed by atoms with van der Waals surface area (Å²) in [6.45, 7) is 2.67. The number of carbonyl (C=O) groups excluding carboxylic acids is 1. The van der Waals surface area contributed by atoms with E-state index < -0.39 is 0 Å². The smallest absolute Gasteiger partial charge is 0.225 e. The van der Waals surface area contributed by atoms with E-state index in [1.165, 1.54) is 0 Å². The number of hydrogen-bond acceptors (Lipinski definition) is 4. The molecule has 3 rings (SSSR count). The van der Waals surface area contributed by atoms with Crippen LogP contribution in [0.2, 0.25) is 0 Å². The molecule has 0 amide bonds. The second kappa shape index (κ2) is 4.68. The van der Waals surface area contributed by atoms with Gasteiger partial charge in [-0.05, 0) is 13.0 Å². The molecular weight excluding hydrogens is 240 g/mol. The van der Waals surface area contributed by atoms with Crippen LogP contribution in [0.25, 0.3) is 0 Å². The zero-order chi connectivity index (χ0) is 13.2. The van der Waals surface area contributed by atoms with E-state index in [4.69, 9.17) is 0 Å². The lowest BCUT2D eigenvalue weighted by molar-refractivity contribution is 0.0991. The number of ketones is 1. The maximum atomic E-state index is 12.1. The number of rotatable bonds is 3. The minimum Gasteiger partial charge on any atom is -0.329 e. The van der Waals surface area contributed by atoms with Crippen molar-refractivity contribution in [3.8, 4) is 0 Å². The predicted octanol–water partition coefficient (Wildman–Crippen LogP) is 2.03. The topological polar surface area (TPSA) is 59.8 Å². The molecule has 5 heteroatoms. The van der Waals surface area contributed by atoms with Crippen LogP contribution in [0, 0.1) is 0 Å². The predicted molar refractivity (Wildman–Crippen MR) is 71.9 cm³/mol. The fourth-order valence-corrected chi connectivity index (χ4v) is 2.00. The molecule has 1 aromatic carbocycles. The third kappa shape index (κ3) is 2.40. The molecule has 1 aromatic heterocycles. The van der Waals surface area contributed by atoms with E-state index in [1.807, 2.05) is 43.3 Å². The summed E-state index contributed by atoms with van der Waals surface area (Å²) in [7, 11) is 0. The van der Waals surface area contributed by atoms with Crippen LogP contribution in [0.4, 0.5) is 5.95 Å². The Kier molecular flexibility index (Phi) is 2.87. The van der Waals surface area contributed by atoms with Crippen molar-refractivity contribution in [2.24, 2.45) is 0 Å². The van der Waals surface area contributed by atoms with Crippen LogP contribution in [0.5, 0.6) is 0 Å². The van der Waals surface area contributed by atoms with E-state index in [0.29, 0.717) is 23.9 Å². The van der Waals surface area contributed by atoms with Crippen molar-refractivity contribution in [3.63, 3.8) is 0 Å². The van der Waals surface area contributed by atoms with Gasteiger partial charge in [-0.25, -0.2) is 4.68 Å². The van der Waals surface area contributed by atoms with Gasteiger partial charge in [0.25, 0.3) is 0 Å². The molecule has 5 nitrogen and oxygen atoms in total. The van der Waals surface area contributed by atoms with Gasteiger partial charge in [0.15, 0.2) is 11.6 Å². The number of fused-ring (bicyclic) bond motifs is 1. The molecule has 1 aliphatic heterocycles. The fraction of sp³-hybridized carbons (Fsp3) is 0.214. The monoisotopic (exact) mass is 254 g/mol. The zero-order valence-electron chi connectivity index (χ0n) is 10.6. The molecule has 19 heavy (non-hydrogen) atoms. The Morgan fingerprint density at radius 1 is 1.37 bits per heavy atom. The SMILES string of the molecule is CC1=CCn2nc(CC(=O)c3ccccc3)nc2N1. The van der Waals surface area contributed by atoms with Gasteiger partial charge in [0, 0.05) is 11.3 Å². The average Bonchev–Trinajstić information content (AvgIpc) is 2.81. The van der Waals surface area contributed by atoms with Gasteiger partial charge in [-0.2, -0.15) is 10.1 Å². The van der Waals surface area contributed by atoms with Crippen LogP contribution >= 0.6 is 0 Å². The Bertz CT molecular complexity index is 643. The lowest BCUT2D eigenvalue weighted by Crippen LogP contribution is -2.12. The maximum Gasteiger partial charge on any atom is 0.225 e. The summed E-state index contributed by atoms with van der Waals surface area (Å²) in [5, 5.41) is 7.46. The highest BCUT2D eigenvalue weighted by molar-refractivity contribution is 5.97. The van der Waals surface area contributed by atoms with Crippen LogP contribution < -0.4 is 5.32 Å². The summed E-state index contributed by atoms with van der Waals surface area (Å²) < 4.78 is 1.76. The van der Waals surface area contributed by atoms with Crippen molar-refractivity contribution in [1.82, 2.24) is 14.8 Å². The summed E-state index contributed by atoms with van der Waals surface area (Å²) >= 11 is 0. The van der Waals surface area contributed by atoms with Crippen molar-refractivity contribution in [1.29, 1.82) is 0 Å². The van der Waals surface area contributed by atoms with Gasteiger partial charge in [0.05, 0.1) is 13.0 Å². The summed E-state index contributed by atoms with van der Waals surface area (Å²) in [6.07, 6.45) is 2.26. The molecule has 0 bridgehead atoms. The van der Waals surface area contributed by atoms with E-state index in [-0.39, 0.29) is 12.2 Å². The lowest BCUT2D eigenvalue weighted by atomic mass is 10.1. The molecule has 1 aliphatic rings. The van der Waals surface area contributed by atoms with E-state index in [9.17, 15) is 4.79 Å². The molecule has 0 radical (unpaired) electrons. The average molecular weight is 254 g/mol. The van der Waals surface area contributed by atoms with Crippen LogP contribution in [0.3, 0.4) is 0 Å². The number of carbonyl (C=O) groups is 1. The maximum absolute atomic E-state index is 12.1.